The Labute approximate surface area is 176 Å². The fourth-order valence-corrected chi connectivity index (χ4v) is 3.55. The van der Waals surface area contributed by atoms with Gasteiger partial charge in [0, 0.05) is 12.3 Å². The number of nitrogens with two attached hydrogens (primary N) is 1. The fraction of sp³-hybridized carbons (Fsp3) is 0.250. The van der Waals surface area contributed by atoms with Gasteiger partial charge in [0.05, 0.1) is 18.4 Å². The monoisotopic (exact) mass is 433 g/mol. The molecule has 3 rings (SSSR count). The number of aromatic nitrogens is 2. The van der Waals surface area contributed by atoms with Crippen LogP contribution in [0.25, 0.3) is 10.6 Å². The molecule has 2 aromatic heterocycles. The van der Waals surface area contributed by atoms with Crippen molar-refractivity contribution < 1.29 is 18.3 Å². The van der Waals surface area contributed by atoms with Gasteiger partial charge in [-0.1, -0.05) is 17.4 Å². The van der Waals surface area contributed by atoms with Crippen LogP contribution < -0.4 is 21.1 Å². The summed E-state index contributed by atoms with van der Waals surface area (Å²) in [5, 5.41) is 5.74. The highest BCUT2D eigenvalue weighted by molar-refractivity contribution is 7.19. The standard InChI is InChI=1S/C20H21F2N5O2S/c1-24-8-2-3-10-29-15-7-9-25-11-14(15)26-19(28)17-18(23)30-20(27-17)16-12(21)5-4-6-13(16)22/h4-7,9,11,24H,2-3,8,10,23H2,1H3,(H,26,28). The molecular weight excluding hydrogens is 412 g/mol. The number of nitrogens with zero attached hydrogens (tertiary/aromatic N) is 2. The first-order valence-corrected chi connectivity index (χ1v) is 10.1. The van der Waals surface area contributed by atoms with Crippen LogP contribution in [0.2, 0.25) is 0 Å². The van der Waals surface area contributed by atoms with Crippen LogP contribution in [0.15, 0.2) is 36.7 Å². The second-order valence-corrected chi connectivity index (χ2v) is 7.34. The van der Waals surface area contributed by atoms with E-state index in [-0.39, 0.29) is 21.3 Å². The average molecular weight is 433 g/mol. The minimum Gasteiger partial charge on any atom is -0.491 e. The van der Waals surface area contributed by atoms with Crippen molar-refractivity contribution in [3.8, 4) is 16.3 Å². The highest BCUT2D eigenvalue weighted by atomic mass is 32.1. The molecule has 0 fully saturated rings. The van der Waals surface area contributed by atoms with Gasteiger partial charge < -0.3 is 21.1 Å². The second kappa shape index (κ2) is 10.1. The third-order valence-corrected chi connectivity index (χ3v) is 5.06. The highest BCUT2D eigenvalue weighted by Gasteiger charge is 2.22. The van der Waals surface area contributed by atoms with Crippen LogP contribution in [0, 0.1) is 11.6 Å². The molecule has 0 unspecified atom stereocenters. The SMILES string of the molecule is CNCCCCOc1ccncc1NC(=O)c1nc(-c2c(F)cccc2F)sc1N. The lowest BCUT2D eigenvalue weighted by atomic mass is 10.2. The number of hydrogen-bond acceptors (Lipinski definition) is 7. The maximum absolute atomic E-state index is 14.0. The quantitative estimate of drug-likeness (QED) is 0.445. The van der Waals surface area contributed by atoms with Gasteiger partial charge >= 0.3 is 0 Å². The van der Waals surface area contributed by atoms with Gasteiger partial charge in [0.15, 0.2) is 5.69 Å². The Kier molecular flexibility index (Phi) is 7.26. The summed E-state index contributed by atoms with van der Waals surface area (Å²) < 4.78 is 33.8. The minimum absolute atomic E-state index is 0.0135. The Morgan fingerprint density at radius 3 is 2.73 bits per heavy atom. The molecule has 3 aromatic rings. The number of nitrogen functional groups attached to an aromatic ring is 1. The molecule has 7 nitrogen and oxygen atoms in total. The summed E-state index contributed by atoms with van der Waals surface area (Å²) in [5.74, 6) is -1.73. The van der Waals surface area contributed by atoms with E-state index in [1.807, 2.05) is 7.05 Å². The number of benzene rings is 1. The van der Waals surface area contributed by atoms with Crippen LogP contribution in [0.5, 0.6) is 5.75 Å². The lowest BCUT2D eigenvalue weighted by Crippen LogP contribution is -2.15. The largest absolute Gasteiger partial charge is 0.491 e. The van der Waals surface area contributed by atoms with Crippen LogP contribution in [0.3, 0.4) is 0 Å². The average Bonchev–Trinajstić information content (AvgIpc) is 3.10. The van der Waals surface area contributed by atoms with Gasteiger partial charge in [0.1, 0.15) is 33.1 Å². The van der Waals surface area contributed by atoms with E-state index in [0.717, 1.165) is 42.9 Å². The van der Waals surface area contributed by atoms with Crippen LogP contribution in [0.1, 0.15) is 23.3 Å². The first kappa shape index (κ1) is 21.6. The lowest BCUT2D eigenvalue weighted by molar-refractivity contribution is 0.102. The molecule has 4 N–H and O–H groups in total. The van der Waals surface area contributed by atoms with Crippen molar-refractivity contribution in [1.29, 1.82) is 0 Å². The number of carbonyl (C=O) groups is 1. The molecule has 10 heteroatoms. The molecule has 0 aliphatic rings. The van der Waals surface area contributed by atoms with E-state index in [9.17, 15) is 13.6 Å². The maximum atomic E-state index is 14.0. The van der Waals surface area contributed by atoms with Crippen molar-refractivity contribution in [3.05, 3.63) is 54.0 Å². The summed E-state index contributed by atoms with van der Waals surface area (Å²) in [4.78, 5) is 20.7. The zero-order chi connectivity index (χ0) is 21.5. The number of unbranched alkanes of at least 4 members (excludes halogenated alkanes) is 1. The molecule has 30 heavy (non-hydrogen) atoms. The van der Waals surface area contributed by atoms with Crippen molar-refractivity contribution in [3.63, 3.8) is 0 Å². The zero-order valence-corrected chi connectivity index (χ0v) is 17.1. The summed E-state index contributed by atoms with van der Waals surface area (Å²) in [6, 6.07) is 5.12. The van der Waals surface area contributed by atoms with Gasteiger partial charge in [0.2, 0.25) is 0 Å². The third kappa shape index (κ3) is 5.08. The second-order valence-electron chi connectivity index (χ2n) is 6.31. The number of pyridine rings is 1. The van der Waals surface area contributed by atoms with Crippen LogP contribution in [-0.4, -0.2) is 36.1 Å². The van der Waals surface area contributed by atoms with Crippen molar-refractivity contribution in [2.45, 2.75) is 12.8 Å². The Morgan fingerprint density at radius 1 is 1.23 bits per heavy atom. The summed E-state index contributed by atoms with van der Waals surface area (Å²) in [6.07, 6.45) is 4.79. The highest BCUT2D eigenvalue weighted by Crippen LogP contribution is 2.34. The number of ether oxygens (including phenoxy) is 1. The predicted octanol–water partition coefficient (Wildman–Crippen LogP) is 3.70. The van der Waals surface area contributed by atoms with Crippen LogP contribution >= 0.6 is 11.3 Å². The van der Waals surface area contributed by atoms with Gasteiger partial charge in [-0.25, -0.2) is 13.8 Å². The minimum atomic E-state index is -0.781. The molecule has 0 bridgehead atoms. The summed E-state index contributed by atoms with van der Waals surface area (Å²) in [5.41, 5.74) is 5.80. The molecule has 2 heterocycles. The van der Waals surface area contributed by atoms with E-state index in [1.54, 1.807) is 12.3 Å². The first-order valence-electron chi connectivity index (χ1n) is 9.24. The van der Waals surface area contributed by atoms with Gasteiger partial charge in [0.25, 0.3) is 5.91 Å². The maximum Gasteiger partial charge on any atom is 0.277 e. The number of carbonyl (C=O) groups excluding carboxylic acids is 1. The Hall–Kier alpha value is -3.11. The molecule has 0 aliphatic carbocycles. The molecule has 0 atom stereocenters. The van der Waals surface area contributed by atoms with Crippen LogP contribution in [0.4, 0.5) is 19.5 Å². The first-order chi connectivity index (χ1) is 14.5. The Balaban J connectivity index is 1.75. The number of nitrogens with one attached hydrogen (secondary N) is 2. The van der Waals surface area contributed by atoms with Gasteiger partial charge in [-0.2, -0.15) is 0 Å². The topological polar surface area (TPSA) is 102 Å². The van der Waals surface area contributed by atoms with Crippen molar-refractivity contribution in [2.75, 3.05) is 31.2 Å². The number of hydrogen-bond donors (Lipinski definition) is 3. The lowest BCUT2D eigenvalue weighted by Gasteiger charge is -2.11. The molecular formula is C20H21F2N5O2S. The summed E-state index contributed by atoms with van der Waals surface area (Å²) in [7, 11) is 1.88. The van der Waals surface area contributed by atoms with Crippen LogP contribution in [-0.2, 0) is 0 Å². The van der Waals surface area contributed by atoms with E-state index < -0.39 is 17.5 Å². The molecule has 1 amide bonds. The number of rotatable bonds is 9. The zero-order valence-electron chi connectivity index (χ0n) is 16.2. The Bertz CT molecular complexity index is 1010. The molecule has 0 saturated carbocycles. The van der Waals surface area contributed by atoms with E-state index >= 15 is 0 Å². The van der Waals surface area contributed by atoms with Crippen molar-refractivity contribution in [1.82, 2.24) is 15.3 Å². The molecule has 0 spiro atoms. The third-order valence-electron chi connectivity index (χ3n) is 4.15. The van der Waals surface area contributed by atoms with Gasteiger partial charge in [-0.15, -0.1) is 0 Å². The summed E-state index contributed by atoms with van der Waals surface area (Å²) >= 11 is 0.833. The fourth-order valence-electron chi connectivity index (χ4n) is 2.67. The van der Waals surface area contributed by atoms with E-state index in [1.165, 1.54) is 12.3 Å². The van der Waals surface area contributed by atoms with E-state index in [2.05, 4.69) is 20.6 Å². The summed E-state index contributed by atoms with van der Waals surface area (Å²) in [6.45, 7) is 1.36. The number of thiazole rings is 1. The van der Waals surface area contributed by atoms with Crippen molar-refractivity contribution >= 4 is 27.9 Å². The number of anilines is 2. The molecule has 158 valence electrons. The van der Waals surface area contributed by atoms with Gasteiger partial charge in [-0.3, -0.25) is 9.78 Å². The molecule has 0 saturated heterocycles. The molecule has 0 aliphatic heterocycles. The van der Waals surface area contributed by atoms with Crippen molar-refractivity contribution in [2.24, 2.45) is 0 Å². The Morgan fingerprint density at radius 2 is 2.00 bits per heavy atom. The van der Waals surface area contributed by atoms with Gasteiger partial charge in [-0.05, 0) is 38.6 Å². The number of amides is 1. The van der Waals surface area contributed by atoms with E-state index in [0.29, 0.717) is 18.0 Å². The predicted molar refractivity (Wildman–Crippen MR) is 113 cm³/mol. The van der Waals surface area contributed by atoms with E-state index in [4.69, 9.17) is 10.5 Å². The number of halogens is 2. The normalized spacial score (nSPS) is 10.8. The molecule has 1 aromatic carbocycles. The molecule has 0 radical (unpaired) electrons. The smallest absolute Gasteiger partial charge is 0.277 e.